The Hall–Kier alpha value is -2.89. The number of hydrogen-bond acceptors (Lipinski definition) is 6. The van der Waals surface area contributed by atoms with Gasteiger partial charge in [0.1, 0.15) is 11.1 Å². The van der Waals surface area contributed by atoms with Gasteiger partial charge >= 0.3 is 0 Å². The summed E-state index contributed by atoms with van der Waals surface area (Å²) in [7, 11) is 0. The molecule has 1 saturated heterocycles. The van der Waals surface area contributed by atoms with Gasteiger partial charge in [-0.3, -0.25) is 14.5 Å². The number of aliphatic imine (C=N–C) groups is 1. The van der Waals surface area contributed by atoms with E-state index in [9.17, 15) is 14.9 Å². The zero-order valence-corrected chi connectivity index (χ0v) is 16.5. The third-order valence-corrected chi connectivity index (χ3v) is 6.31. The van der Waals surface area contributed by atoms with E-state index >= 15 is 0 Å². The van der Waals surface area contributed by atoms with Crippen LogP contribution in [0.3, 0.4) is 0 Å². The number of para-hydroxylation sites is 1. The maximum Gasteiger partial charge on any atom is 0.251 e. The summed E-state index contributed by atoms with van der Waals surface area (Å²) in [6, 6.07) is 11.1. The molecule has 28 heavy (non-hydrogen) atoms. The molecular weight excluding hydrogens is 392 g/mol. The number of thiocarbonyl (C=S) groups is 1. The molecule has 140 valence electrons. The van der Waals surface area contributed by atoms with Crippen molar-refractivity contribution in [2.75, 3.05) is 4.90 Å². The van der Waals surface area contributed by atoms with Gasteiger partial charge in [-0.1, -0.05) is 18.2 Å². The first kappa shape index (κ1) is 18.5. The van der Waals surface area contributed by atoms with Gasteiger partial charge in [0, 0.05) is 11.1 Å². The van der Waals surface area contributed by atoms with E-state index in [2.05, 4.69) is 16.4 Å². The van der Waals surface area contributed by atoms with Crippen LogP contribution in [-0.4, -0.2) is 23.1 Å². The normalized spacial score (nSPS) is 19.5. The molecule has 8 heteroatoms. The molecule has 6 nitrogen and oxygen atoms in total. The Morgan fingerprint density at radius 2 is 2.00 bits per heavy atom. The zero-order valence-electron chi connectivity index (χ0n) is 14.8. The summed E-state index contributed by atoms with van der Waals surface area (Å²) in [5.41, 5.74) is 2.22. The first-order chi connectivity index (χ1) is 13.6. The van der Waals surface area contributed by atoms with E-state index in [1.54, 1.807) is 24.3 Å². The number of fused-ring (bicyclic) bond motifs is 1. The van der Waals surface area contributed by atoms with Crippen LogP contribution in [0, 0.1) is 17.2 Å². The van der Waals surface area contributed by atoms with Crippen LogP contribution in [0.2, 0.25) is 0 Å². The van der Waals surface area contributed by atoms with Gasteiger partial charge in [-0.25, -0.2) is 4.99 Å². The summed E-state index contributed by atoms with van der Waals surface area (Å²) in [6.45, 7) is 0. The van der Waals surface area contributed by atoms with Crippen LogP contribution in [0.4, 0.5) is 10.7 Å². The first-order valence-corrected chi connectivity index (χ1v) is 10.2. The number of carbonyl (C=O) groups excluding carboxylic acids is 2. The van der Waals surface area contributed by atoms with Crippen molar-refractivity contribution in [3.63, 3.8) is 0 Å². The molecule has 2 aliphatic rings. The fourth-order valence-corrected chi connectivity index (χ4v) is 4.93. The van der Waals surface area contributed by atoms with Crippen LogP contribution in [0.5, 0.6) is 0 Å². The lowest BCUT2D eigenvalue weighted by Crippen LogP contribution is -2.58. The molecule has 1 N–H and O–H groups in total. The molecule has 2 amide bonds. The Morgan fingerprint density at radius 1 is 1.25 bits per heavy atom. The topological polar surface area (TPSA) is 85.6 Å². The molecular formula is C20H16N4O2S2. The number of rotatable bonds is 3. The molecule has 0 unspecified atom stereocenters. The summed E-state index contributed by atoms with van der Waals surface area (Å²) in [5, 5.41) is 12.7. The van der Waals surface area contributed by atoms with Crippen LogP contribution in [0.1, 0.15) is 28.8 Å². The third kappa shape index (κ3) is 3.23. The lowest BCUT2D eigenvalue weighted by molar-refractivity contribution is -0.130. The summed E-state index contributed by atoms with van der Waals surface area (Å²) in [4.78, 5) is 32.2. The quantitative estimate of drug-likeness (QED) is 0.480. The highest BCUT2D eigenvalue weighted by Gasteiger charge is 2.38. The van der Waals surface area contributed by atoms with Gasteiger partial charge < -0.3 is 5.32 Å². The second-order valence-electron chi connectivity index (χ2n) is 6.56. The molecule has 0 radical (unpaired) electrons. The standard InChI is InChI=1S/C20H16N4O2S2/c21-10-14-13-8-4-5-9-16(13)28-18(14)22-11-15-17(25)23-20(27)24(19(15)26)12-6-2-1-3-7-12/h1-3,6-7,11,15H,4-5,8-9H2,(H,23,25,27)/t15-/m0/s1. The van der Waals surface area contributed by atoms with Crippen molar-refractivity contribution in [3.8, 4) is 6.07 Å². The van der Waals surface area contributed by atoms with Gasteiger partial charge in [0.05, 0.1) is 11.3 Å². The van der Waals surface area contributed by atoms with Crippen molar-refractivity contribution in [2.24, 2.45) is 10.9 Å². The molecule has 0 saturated carbocycles. The SMILES string of the molecule is N#Cc1c(N=C[C@H]2C(=O)NC(=S)N(c3ccccc3)C2=O)sc2c1CCCC2. The first-order valence-electron chi connectivity index (χ1n) is 8.93. The van der Waals surface area contributed by atoms with Gasteiger partial charge in [-0.2, -0.15) is 5.26 Å². The van der Waals surface area contributed by atoms with E-state index in [4.69, 9.17) is 12.2 Å². The van der Waals surface area contributed by atoms with Crippen LogP contribution < -0.4 is 10.2 Å². The second-order valence-corrected chi connectivity index (χ2v) is 8.03. The highest BCUT2D eigenvalue weighted by Crippen LogP contribution is 2.39. The number of benzene rings is 1. The lowest BCUT2D eigenvalue weighted by atomic mass is 9.96. The van der Waals surface area contributed by atoms with Crippen LogP contribution in [0.15, 0.2) is 35.3 Å². The van der Waals surface area contributed by atoms with Gasteiger partial charge in [0.25, 0.3) is 5.91 Å². The lowest BCUT2D eigenvalue weighted by Gasteiger charge is -2.30. The Balaban J connectivity index is 1.65. The number of nitriles is 1. The van der Waals surface area contributed by atoms with Gasteiger partial charge in [-0.05, 0) is 55.6 Å². The summed E-state index contributed by atoms with van der Waals surface area (Å²) < 4.78 is 0. The van der Waals surface area contributed by atoms with E-state index in [1.807, 2.05) is 6.07 Å². The predicted molar refractivity (Wildman–Crippen MR) is 112 cm³/mol. The van der Waals surface area contributed by atoms with E-state index < -0.39 is 17.7 Å². The Labute approximate surface area is 171 Å². The summed E-state index contributed by atoms with van der Waals surface area (Å²) in [5.74, 6) is -2.06. The minimum absolute atomic E-state index is 0.0511. The fraction of sp³-hybridized carbons (Fsp3) is 0.250. The van der Waals surface area contributed by atoms with Crippen molar-refractivity contribution >= 4 is 57.4 Å². The Kier molecular flexibility index (Phi) is 5.03. The third-order valence-electron chi connectivity index (χ3n) is 4.82. The number of carbonyl (C=O) groups is 2. The van der Waals surface area contributed by atoms with Crippen molar-refractivity contribution in [1.82, 2.24) is 5.32 Å². The monoisotopic (exact) mass is 408 g/mol. The predicted octanol–water partition coefficient (Wildman–Crippen LogP) is 3.26. The maximum atomic E-state index is 12.9. The van der Waals surface area contributed by atoms with Crippen LogP contribution in [0.25, 0.3) is 0 Å². The highest BCUT2D eigenvalue weighted by atomic mass is 32.1. The molecule has 1 aromatic heterocycles. The smallest absolute Gasteiger partial charge is 0.251 e. The Morgan fingerprint density at radius 3 is 2.75 bits per heavy atom. The average molecular weight is 409 g/mol. The fourth-order valence-electron chi connectivity index (χ4n) is 3.44. The zero-order chi connectivity index (χ0) is 19.7. The number of anilines is 1. The van der Waals surface area contributed by atoms with E-state index in [-0.39, 0.29) is 5.11 Å². The number of aryl methyl sites for hydroxylation is 1. The molecule has 0 spiro atoms. The van der Waals surface area contributed by atoms with Crippen molar-refractivity contribution < 1.29 is 9.59 Å². The average Bonchev–Trinajstić information content (AvgIpc) is 3.05. The molecule has 1 aromatic carbocycles. The minimum atomic E-state index is -1.10. The van der Waals surface area contributed by atoms with Crippen molar-refractivity contribution in [2.45, 2.75) is 25.7 Å². The number of amides is 2. The van der Waals surface area contributed by atoms with E-state index in [0.717, 1.165) is 31.2 Å². The molecule has 2 heterocycles. The van der Waals surface area contributed by atoms with E-state index in [0.29, 0.717) is 16.3 Å². The molecule has 1 aliphatic heterocycles. The van der Waals surface area contributed by atoms with Gasteiger partial charge in [0.15, 0.2) is 11.0 Å². The molecule has 2 aromatic rings. The molecule has 1 fully saturated rings. The van der Waals surface area contributed by atoms with Gasteiger partial charge in [-0.15, -0.1) is 11.3 Å². The van der Waals surface area contributed by atoms with Crippen LogP contribution in [-0.2, 0) is 22.4 Å². The largest absolute Gasteiger partial charge is 0.301 e. The molecule has 1 aliphatic carbocycles. The van der Waals surface area contributed by atoms with Crippen molar-refractivity contribution in [1.29, 1.82) is 5.26 Å². The maximum absolute atomic E-state index is 12.9. The van der Waals surface area contributed by atoms with Gasteiger partial charge in [0.2, 0.25) is 5.91 Å². The number of thiophene rings is 1. The Bertz CT molecular complexity index is 1040. The summed E-state index contributed by atoms with van der Waals surface area (Å²) >= 11 is 6.65. The number of hydrogen-bond donors (Lipinski definition) is 1. The summed E-state index contributed by atoms with van der Waals surface area (Å²) in [6.07, 6.45) is 5.32. The van der Waals surface area contributed by atoms with Crippen LogP contribution >= 0.6 is 23.6 Å². The number of nitrogens with one attached hydrogen (secondary N) is 1. The number of nitrogens with zero attached hydrogens (tertiary/aromatic N) is 3. The molecule has 0 bridgehead atoms. The highest BCUT2D eigenvalue weighted by molar-refractivity contribution is 7.80. The molecule has 1 atom stereocenters. The van der Waals surface area contributed by atoms with E-state index in [1.165, 1.54) is 27.3 Å². The minimum Gasteiger partial charge on any atom is -0.301 e. The van der Waals surface area contributed by atoms with Crippen molar-refractivity contribution in [3.05, 3.63) is 46.3 Å². The molecule has 4 rings (SSSR count). The second kappa shape index (κ2) is 7.62.